The van der Waals surface area contributed by atoms with Crippen molar-refractivity contribution >= 4 is 23.1 Å². The smallest absolute Gasteiger partial charge is 0.278 e. The van der Waals surface area contributed by atoms with Gasteiger partial charge in [0, 0.05) is 31.9 Å². The van der Waals surface area contributed by atoms with Gasteiger partial charge in [0.25, 0.3) is 11.8 Å². The molecule has 2 amide bonds. The van der Waals surface area contributed by atoms with Gasteiger partial charge in [0.1, 0.15) is 5.70 Å². The summed E-state index contributed by atoms with van der Waals surface area (Å²) in [5.41, 5.74) is 5.59. The molecule has 1 saturated heterocycles. The molecule has 0 saturated carbocycles. The quantitative estimate of drug-likeness (QED) is 0.677. The van der Waals surface area contributed by atoms with E-state index in [-0.39, 0.29) is 11.8 Å². The number of imide groups is 1. The van der Waals surface area contributed by atoms with E-state index in [1.807, 2.05) is 63.2 Å². The summed E-state index contributed by atoms with van der Waals surface area (Å²) in [7, 11) is 0. The molecule has 0 atom stereocenters. The molecular formula is C26H31N3O3. The van der Waals surface area contributed by atoms with Crippen molar-refractivity contribution in [2.45, 2.75) is 27.2 Å². The van der Waals surface area contributed by atoms with Crippen molar-refractivity contribution in [3.63, 3.8) is 0 Å². The second kappa shape index (κ2) is 9.67. The summed E-state index contributed by atoms with van der Waals surface area (Å²) < 4.78 is 5.40. The molecule has 0 spiro atoms. The van der Waals surface area contributed by atoms with Crippen molar-refractivity contribution in [3.05, 3.63) is 70.4 Å². The Labute approximate surface area is 189 Å². The summed E-state index contributed by atoms with van der Waals surface area (Å²) in [6, 6.07) is 13.8. The molecule has 0 aromatic heterocycles. The third-order valence-corrected chi connectivity index (χ3v) is 6.18. The van der Waals surface area contributed by atoms with E-state index in [2.05, 4.69) is 10.2 Å². The summed E-state index contributed by atoms with van der Waals surface area (Å²) in [5, 5.41) is 3.29. The highest BCUT2D eigenvalue weighted by Gasteiger charge is 2.39. The minimum atomic E-state index is -0.254. The second-order valence-corrected chi connectivity index (χ2v) is 8.58. The largest absolute Gasteiger partial charge is 0.379 e. The molecule has 2 aromatic carbocycles. The highest BCUT2D eigenvalue weighted by Crippen LogP contribution is 2.33. The molecule has 0 radical (unpaired) electrons. The molecule has 1 N–H and O–H groups in total. The topological polar surface area (TPSA) is 61.9 Å². The van der Waals surface area contributed by atoms with Crippen molar-refractivity contribution < 1.29 is 14.3 Å². The molecule has 0 unspecified atom stereocenters. The number of ether oxygens (including phenoxy) is 1. The molecule has 168 valence electrons. The number of aryl methyl sites for hydroxylation is 3. The van der Waals surface area contributed by atoms with Crippen LogP contribution in [0.15, 0.2) is 48.2 Å². The zero-order valence-corrected chi connectivity index (χ0v) is 19.1. The lowest BCUT2D eigenvalue weighted by Gasteiger charge is -2.27. The first-order valence-corrected chi connectivity index (χ1v) is 11.3. The minimum absolute atomic E-state index is 0.222. The third kappa shape index (κ3) is 4.61. The van der Waals surface area contributed by atoms with Crippen LogP contribution in [0.4, 0.5) is 5.69 Å². The number of amides is 2. The van der Waals surface area contributed by atoms with Crippen LogP contribution in [0.1, 0.15) is 28.7 Å². The number of morpholine rings is 1. The van der Waals surface area contributed by atoms with Gasteiger partial charge in [-0.1, -0.05) is 42.0 Å². The second-order valence-electron chi connectivity index (χ2n) is 8.58. The van der Waals surface area contributed by atoms with Gasteiger partial charge in [0.2, 0.25) is 0 Å². The standard InChI is InChI=1S/C26H31N3O3/c1-18-9-10-21(20(3)17-18)23-24(27-22-8-5-4-7-19(22)2)26(31)29(25(23)30)12-6-11-28-13-15-32-16-14-28/h4-5,7-10,17,27H,6,11-16H2,1-3H3. The van der Waals surface area contributed by atoms with E-state index in [1.54, 1.807) is 0 Å². The number of nitrogens with one attached hydrogen (secondary N) is 1. The number of carbonyl (C=O) groups excluding carboxylic acids is 2. The van der Waals surface area contributed by atoms with Gasteiger partial charge in [-0.3, -0.25) is 19.4 Å². The maximum Gasteiger partial charge on any atom is 0.278 e. The first-order chi connectivity index (χ1) is 15.5. The van der Waals surface area contributed by atoms with Crippen LogP contribution in [0.3, 0.4) is 0 Å². The number of nitrogens with zero attached hydrogens (tertiary/aromatic N) is 2. The normalized spacial score (nSPS) is 17.4. The molecular weight excluding hydrogens is 402 g/mol. The van der Waals surface area contributed by atoms with Gasteiger partial charge in [-0.15, -0.1) is 0 Å². The lowest BCUT2D eigenvalue weighted by molar-refractivity contribution is -0.136. The molecule has 4 rings (SSSR count). The Hall–Kier alpha value is -2.96. The maximum absolute atomic E-state index is 13.5. The van der Waals surface area contributed by atoms with E-state index >= 15 is 0 Å². The van der Waals surface area contributed by atoms with Gasteiger partial charge < -0.3 is 10.1 Å². The van der Waals surface area contributed by atoms with Crippen LogP contribution >= 0.6 is 0 Å². The van der Waals surface area contributed by atoms with Gasteiger partial charge in [-0.25, -0.2) is 0 Å². The maximum atomic E-state index is 13.5. The summed E-state index contributed by atoms with van der Waals surface area (Å²) in [6.07, 6.45) is 0.745. The lowest BCUT2D eigenvalue weighted by Crippen LogP contribution is -2.39. The summed E-state index contributed by atoms with van der Waals surface area (Å²) >= 11 is 0. The van der Waals surface area contributed by atoms with Crippen LogP contribution < -0.4 is 5.32 Å². The third-order valence-electron chi connectivity index (χ3n) is 6.18. The average molecular weight is 434 g/mol. The fourth-order valence-corrected chi connectivity index (χ4v) is 4.36. The van der Waals surface area contributed by atoms with Crippen LogP contribution in [0, 0.1) is 20.8 Å². The van der Waals surface area contributed by atoms with Gasteiger partial charge in [0.15, 0.2) is 0 Å². The van der Waals surface area contributed by atoms with Crippen LogP contribution in [0.25, 0.3) is 5.57 Å². The van der Waals surface area contributed by atoms with E-state index in [1.165, 1.54) is 4.90 Å². The summed E-state index contributed by atoms with van der Waals surface area (Å²) in [6.45, 7) is 10.5. The molecule has 6 nitrogen and oxygen atoms in total. The Kier molecular flexibility index (Phi) is 6.72. The molecule has 2 heterocycles. The van der Waals surface area contributed by atoms with Crippen molar-refractivity contribution in [3.8, 4) is 0 Å². The molecule has 2 aliphatic rings. The van der Waals surface area contributed by atoms with Gasteiger partial charge >= 0.3 is 0 Å². The van der Waals surface area contributed by atoms with Crippen molar-refractivity contribution in [2.75, 3.05) is 44.7 Å². The Morgan fingerprint density at radius 1 is 0.906 bits per heavy atom. The van der Waals surface area contributed by atoms with Crippen LogP contribution in [-0.2, 0) is 14.3 Å². The molecule has 6 heteroatoms. The van der Waals surface area contributed by atoms with E-state index < -0.39 is 0 Å². The van der Waals surface area contributed by atoms with Gasteiger partial charge in [-0.2, -0.15) is 0 Å². The van der Waals surface area contributed by atoms with E-state index in [4.69, 9.17) is 4.74 Å². The SMILES string of the molecule is Cc1ccc(C2=C(Nc3ccccc3C)C(=O)N(CCCN3CCOCC3)C2=O)c(C)c1. The molecule has 2 aromatic rings. The van der Waals surface area contributed by atoms with Crippen LogP contribution in [0.2, 0.25) is 0 Å². The molecule has 0 bridgehead atoms. The molecule has 0 aliphatic carbocycles. The number of para-hydroxylation sites is 1. The van der Waals surface area contributed by atoms with Gasteiger partial charge in [-0.05, 0) is 49.9 Å². The fraction of sp³-hybridized carbons (Fsp3) is 0.385. The summed E-state index contributed by atoms with van der Waals surface area (Å²) in [5.74, 6) is -0.477. The Bertz CT molecular complexity index is 1050. The highest BCUT2D eigenvalue weighted by atomic mass is 16.5. The minimum Gasteiger partial charge on any atom is -0.379 e. The van der Waals surface area contributed by atoms with E-state index in [0.29, 0.717) is 17.8 Å². The number of hydrogen-bond acceptors (Lipinski definition) is 5. The zero-order chi connectivity index (χ0) is 22.7. The van der Waals surface area contributed by atoms with E-state index in [9.17, 15) is 9.59 Å². The predicted molar refractivity (Wildman–Crippen MR) is 126 cm³/mol. The number of rotatable bonds is 7. The Balaban J connectivity index is 1.61. The van der Waals surface area contributed by atoms with Crippen LogP contribution in [0.5, 0.6) is 0 Å². The number of hydrogen-bond donors (Lipinski definition) is 1. The van der Waals surface area contributed by atoms with Gasteiger partial charge in [0.05, 0.1) is 18.8 Å². The highest BCUT2D eigenvalue weighted by molar-refractivity contribution is 6.36. The fourth-order valence-electron chi connectivity index (χ4n) is 4.36. The summed E-state index contributed by atoms with van der Waals surface area (Å²) in [4.78, 5) is 30.6. The average Bonchev–Trinajstić information content (AvgIpc) is 3.00. The first kappa shape index (κ1) is 22.2. The number of carbonyl (C=O) groups is 2. The Morgan fingerprint density at radius 3 is 2.38 bits per heavy atom. The Morgan fingerprint density at radius 2 is 1.66 bits per heavy atom. The lowest BCUT2D eigenvalue weighted by atomic mass is 9.97. The zero-order valence-electron chi connectivity index (χ0n) is 19.1. The van der Waals surface area contributed by atoms with E-state index in [0.717, 1.165) is 67.2 Å². The first-order valence-electron chi connectivity index (χ1n) is 11.3. The number of benzene rings is 2. The molecule has 1 fully saturated rings. The predicted octanol–water partition coefficient (Wildman–Crippen LogP) is 3.53. The van der Waals surface area contributed by atoms with Crippen molar-refractivity contribution in [1.82, 2.24) is 9.80 Å². The number of anilines is 1. The molecule has 2 aliphatic heterocycles. The van der Waals surface area contributed by atoms with Crippen LogP contribution in [-0.4, -0.2) is 61.0 Å². The molecule has 32 heavy (non-hydrogen) atoms. The van der Waals surface area contributed by atoms with Crippen molar-refractivity contribution in [1.29, 1.82) is 0 Å². The monoisotopic (exact) mass is 433 g/mol. The van der Waals surface area contributed by atoms with Crippen molar-refractivity contribution in [2.24, 2.45) is 0 Å².